The van der Waals surface area contributed by atoms with E-state index in [-0.39, 0.29) is 11.9 Å². The van der Waals surface area contributed by atoms with E-state index >= 15 is 0 Å². The number of thiophene rings is 1. The third-order valence-corrected chi connectivity index (χ3v) is 4.58. The molecule has 0 saturated carbocycles. The Morgan fingerprint density at radius 3 is 2.94 bits per heavy atom. The summed E-state index contributed by atoms with van der Waals surface area (Å²) in [6.45, 7) is 2.04. The molecule has 0 N–H and O–H groups in total. The fourth-order valence-corrected chi connectivity index (χ4v) is 3.49. The van der Waals surface area contributed by atoms with Crippen molar-refractivity contribution in [3.8, 4) is 5.75 Å². The fourth-order valence-electron chi connectivity index (χ4n) is 2.14. The lowest BCUT2D eigenvalue weighted by atomic mass is 10.0. The van der Waals surface area contributed by atoms with Crippen molar-refractivity contribution in [2.75, 3.05) is 0 Å². The first kappa shape index (κ1) is 11.9. The molecule has 4 heteroatoms. The van der Waals surface area contributed by atoms with Crippen LogP contribution < -0.4 is 4.74 Å². The summed E-state index contributed by atoms with van der Waals surface area (Å²) in [4.78, 5) is 13.0. The number of ketones is 1. The highest BCUT2D eigenvalue weighted by Gasteiger charge is 2.21. The second-order valence-electron chi connectivity index (χ2n) is 4.39. The first-order chi connectivity index (χ1) is 8.63. The molecular weight excluding hydrogens is 312 g/mol. The molecule has 1 atom stereocenters. The lowest BCUT2D eigenvalue weighted by molar-refractivity contribution is 0.104. The van der Waals surface area contributed by atoms with E-state index in [1.165, 1.54) is 11.3 Å². The smallest absolute Gasteiger partial charge is 0.202 e. The highest BCUT2D eigenvalue weighted by atomic mass is 79.9. The van der Waals surface area contributed by atoms with Crippen LogP contribution in [0.1, 0.15) is 27.7 Å². The molecule has 0 saturated heterocycles. The molecule has 3 rings (SSSR count). The first-order valence-corrected chi connectivity index (χ1v) is 7.34. The molecule has 18 heavy (non-hydrogen) atoms. The molecule has 1 aliphatic rings. The molecular formula is C14H11BrO2S. The van der Waals surface area contributed by atoms with Crippen LogP contribution in [-0.2, 0) is 6.42 Å². The largest absolute Gasteiger partial charge is 0.490 e. The van der Waals surface area contributed by atoms with Crippen molar-refractivity contribution in [3.05, 3.63) is 50.1 Å². The average molecular weight is 323 g/mol. The number of ether oxygens (including phenoxy) is 1. The summed E-state index contributed by atoms with van der Waals surface area (Å²) in [5.41, 5.74) is 1.87. The van der Waals surface area contributed by atoms with Gasteiger partial charge in [-0.05, 0) is 58.7 Å². The predicted octanol–water partition coefficient (Wildman–Crippen LogP) is 4.07. The van der Waals surface area contributed by atoms with Crippen LogP contribution in [0.4, 0.5) is 0 Å². The number of benzene rings is 1. The molecule has 0 amide bonds. The molecule has 1 unspecified atom stereocenters. The molecule has 1 aromatic carbocycles. The van der Waals surface area contributed by atoms with Crippen LogP contribution in [0, 0.1) is 0 Å². The molecule has 0 fully saturated rings. The third-order valence-electron chi connectivity index (χ3n) is 2.96. The van der Waals surface area contributed by atoms with Crippen LogP contribution in [0.2, 0.25) is 0 Å². The summed E-state index contributed by atoms with van der Waals surface area (Å²) < 4.78 is 6.61. The monoisotopic (exact) mass is 322 g/mol. The maximum atomic E-state index is 12.3. The number of fused-ring (bicyclic) bond motifs is 1. The van der Waals surface area contributed by atoms with Gasteiger partial charge < -0.3 is 4.74 Å². The van der Waals surface area contributed by atoms with Crippen molar-refractivity contribution >= 4 is 33.0 Å². The third kappa shape index (κ3) is 2.10. The molecule has 1 aliphatic heterocycles. The van der Waals surface area contributed by atoms with Gasteiger partial charge in [0.2, 0.25) is 5.78 Å². The Bertz CT molecular complexity index is 618. The Labute approximate surface area is 118 Å². The predicted molar refractivity (Wildman–Crippen MR) is 75.7 cm³/mol. The van der Waals surface area contributed by atoms with Crippen LogP contribution in [0.5, 0.6) is 5.75 Å². The highest BCUT2D eigenvalue weighted by Crippen LogP contribution is 2.31. The Morgan fingerprint density at radius 2 is 2.22 bits per heavy atom. The molecule has 92 valence electrons. The van der Waals surface area contributed by atoms with E-state index in [2.05, 4.69) is 15.9 Å². The van der Waals surface area contributed by atoms with Gasteiger partial charge in [-0.1, -0.05) is 0 Å². The number of halogens is 1. The van der Waals surface area contributed by atoms with Crippen LogP contribution >= 0.6 is 27.3 Å². The van der Waals surface area contributed by atoms with E-state index in [1.54, 1.807) is 0 Å². The van der Waals surface area contributed by atoms with E-state index in [4.69, 9.17) is 4.74 Å². The summed E-state index contributed by atoms with van der Waals surface area (Å²) in [5, 5.41) is 0. The number of carbonyl (C=O) groups is 1. The van der Waals surface area contributed by atoms with Crippen molar-refractivity contribution < 1.29 is 9.53 Å². The zero-order chi connectivity index (χ0) is 12.7. The molecule has 0 radical (unpaired) electrons. The van der Waals surface area contributed by atoms with Gasteiger partial charge in [-0.2, -0.15) is 0 Å². The van der Waals surface area contributed by atoms with E-state index in [0.717, 1.165) is 32.0 Å². The molecule has 2 heterocycles. The van der Waals surface area contributed by atoms with Gasteiger partial charge in [0.15, 0.2) is 0 Å². The SMILES string of the molecule is CC1Cc2cc(C(=O)c3ccc(Br)s3)ccc2O1. The standard InChI is InChI=1S/C14H11BrO2S/c1-8-6-10-7-9(2-3-11(10)17-8)14(16)12-4-5-13(15)18-12/h2-5,7-8H,6H2,1H3. The van der Waals surface area contributed by atoms with Gasteiger partial charge in [0.1, 0.15) is 11.9 Å². The van der Waals surface area contributed by atoms with Crippen molar-refractivity contribution in [2.24, 2.45) is 0 Å². The summed E-state index contributed by atoms with van der Waals surface area (Å²) in [7, 11) is 0. The van der Waals surface area contributed by atoms with Crippen molar-refractivity contribution in [1.29, 1.82) is 0 Å². The minimum atomic E-state index is 0.0769. The van der Waals surface area contributed by atoms with Gasteiger partial charge in [0, 0.05) is 12.0 Å². The summed E-state index contributed by atoms with van der Waals surface area (Å²) in [5.74, 6) is 0.986. The lowest BCUT2D eigenvalue weighted by Crippen LogP contribution is -2.05. The van der Waals surface area contributed by atoms with Gasteiger partial charge >= 0.3 is 0 Å². The van der Waals surface area contributed by atoms with Crippen molar-refractivity contribution in [1.82, 2.24) is 0 Å². The molecule has 2 nitrogen and oxygen atoms in total. The van der Waals surface area contributed by atoms with E-state index < -0.39 is 0 Å². The van der Waals surface area contributed by atoms with Crippen molar-refractivity contribution in [3.63, 3.8) is 0 Å². The van der Waals surface area contributed by atoms with E-state index in [1.807, 2.05) is 37.3 Å². The van der Waals surface area contributed by atoms with Gasteiger partial charge in [-0.3, -0.25) is 4.79 Å². The Morgan fingerprint density at radius 1 is 1.39 bits per heavy atom. The summed E-state index contributed by atoms with van der Waals surface area (Å²) in [6, 6.07) is 9.44. The van der Waals surface area contributed by atoms with Gasteiger partial charge in [-0.25, -0.2) is 0 Å². The fraction of sp³-hybridized carbons (Fsp3) is 0.214. The molecule has 0 aliphatic carbocycles. The maximum Gasteiger partial charge on any atom is 0.202 e. The normalized spacial score (nSPS) is 17.3. The minimum Gasteiger partial charge on any atom is -0.490 e. The van der Waals surface area contributed by atoms with E-state index in [9.17, 15) is 4.79 Å². The van der Waals surface area contributed by atoms with Crippen LogP contribution in [0.15, 0.2) is 34.1 Å². The number of carbonyl (C=O) groups excluding carboxylic acids is 1. The zero-order valence-electron chi connectivity index (χ0n) is 9.77. The minimum absolute atomic E-state index is 0.0769. The molecule has 0 bridgehead atoms. The van der Waals surface area contributed by atoms with Crippen LogP contribution in [-0.4, -0.2) is 11.9 Å². The quantitative estimate of drug-likeness (QED) is 0.779. The van der Waals surface area contributed by atoms with Crippen molar-refractivity contribution in [2.45, 2.75) is 19.4 Å². The Balaban J connectivity index is 1.94. The maximum absolute atomic E-state index is 12.3. The number of hydrogen-bond donors (Lipinski definition) is 0. The number of hydrogen-bond acceptors (Lipinski definition) is 3. The molecule has 0 spiro atoms. The first-order valence-electron chi connectivity index (χ1n) is 5.73. The lowest BCUT2D eigenvalue weighted by Gasteiger charge is -2.03. The topological polar surface area (TPSA) is 26.3 Å². The van der Waals surface area contributed by atoms with Gasteiger partial charge in [0.05, 0.1) is 8.66 Å². The highest BCUT2D eigenvalue weighted by molar-refractivity contribution is 9.11. The van der Waals surface area contributed by atoms with Gasteiger partial charge in [-0.15, -0.1) is 11.3 Å². The second-order valence-corrected chi connectivity index (χ2v) is 6.85. The second kappa shape index (κ2) is 4.52. The number of rotatable bonds is 2. The Hall–Kier alpha value is -1.13. The van der Waals surface area contributed by atoms with Gasteiger partial charge in [0.25, 0.3) is 0 Å². The van der Waals surface area contributed by atoms with E-state index in [0.29, 0.717) is 0 Å². The van der Waals surface area contributed by atoms with Crippen LogP contribution in [0.3, 0.4) is 0 Å². The average Bonchev–Trinajstić information content (AvgIpc) is 2.92. The van der Waals surface area contributed by atoms with Crippen LogP contribution in [0.25, 0.3) is 0 Å². The zero-order valence-corrected chi connectivity index (χ0v) is 12.2. The molecule has 1 aromatic heterocycles. The summed E-state index contributed by atoms with van der Waals surface area (Å²) in [6.07, 6.45) is 1.09. The summed E-state index contributed by atoms with van der Waals surface area (Å²) >= 11 is 4.84. The Kier molecular flexibility index (Phi) is 2.99. The molecule has 2 aromatic rings.